The summed E-state index contributed by atoms with van der Waals surface area (Å²) in [6, 6.07) is 7.03. The molecule has 1 atom stereocenters. The second-order valence-electron chi connectivity index (χ2n) is 6.55. The summed E-state index contributed by atoms with van der Waals surface area (Å²) in [6.45, 7) is 4.33. The summed E-state index contributed by atoms with van der Waals surface area (Å²) >= 11 is 0. The van der Waals surface area contributed by atoms with Gasteiger partial charge < -0.3 is 20.9 Å². The molecule has 1 aromatic carbocycles. The van der Waals surface area contributed by atoms with E-state index in [1.54, 1.807) is 24.3 Å². The number of nitrogens with one attached hydrogen (secondary N) is 1. The number of hydrogen-bond donors (Lipinski definition) is 3. The first kappa shape index (κ1) is 21.7. The summed E-state index contributed by atoms with van der Waals surface area (Å²) in [5.41, 5.74) is 4.98. The average Bonchev–Trinajstić information content (AvgIpc) is 2.60. The first-order chi connectivity index (χ1) is 12.3. The Bertz CT molecular complexity index is 594. The normalized spacial score (nSPS) is 13.3. The maximum Gasteiger partial charge on any atom is 0.328 e. The molecule has 0 fully saturated rings. The lowest BCUT2D eigenvalue weighted by Gasteiger charge is -2.19. The molecule has 4 N–H and O–H groups in total. The number of nitrogens with two attached hydrogens (primary N) is 1. The van der Waals surface area contributed by atoms with Crippen LogP contribution in [0.5, 0.6) is 5.75 Å². The van der Waals surface area contributed by atoms with Crippen LogP contribution >= 0.6 is 0 Å². The number of carbonyl (C=O) groups is 2. The minimum Gasteiger partial charge on any atom is -0.494 e. The van der Waals surface area contributed by atoms with Crippen LogP contribution in [0.2, 0.25) is 0 Å². The molecule has 144 valence electrons. The topological polar surface area (TPSA) is 102 Å². The Labute approximate surface area is 155 Å². The Hall–Kier alpha value is -2.34. The van der Waals surface area contributed by atoms with Gasteiger partial charge in [0.05, 0.1) is 6.61 Å². The molecule has 6 heteroatoms. The molecular formula is C20H30N2O4. The number of anilines is 1. The van der Waals surface area contributed by atoms with Crippen molar-refractivity contribution in [3.8, 4) is 5.75 Å². The second kappa shape index (κ2) is 11.3. The van der Waals surface area contributed by atoms with Crippen molar-refractivity contribution >= 4 is 17.6 Å². The van der Waals surface area contributed by atoms with Crippen molar-refractivity contribution in [1.82, 2.24) is 0 Å². The third-order valence-corrected chi connectivity index (χ3v) is 3.94. The van der Waals surface area contributed by atoms with Crippen LogP contribution < -0.4 is 15.8 Å². The fourth-order valence-corrected chi connectivity index (χ4v) is 2.29. The predicted octanol–water partition coefficient (Wildman–Crippen LogP) is 3.72. The number of hydrogen-bond acceptors (Lipinski definition) is 4. The number of ether oxygens (including phenoxy) is 1. The van der Waals surface area contributed by atoms with Gasteiger partial charge in [-0.2, -0.15) is 0 Å². The van der Waals surface area contributed by atoms with E-state index in [0.717, 1.165) is 24.3 Å². The lowest BCUT2D eigenvalue weighted by molar-refractivity contribution is -0.131. The summed E-state index contributed by atoms with van der Waals surface area (Å²) in [7, 11) is 0. The van der Waals surface area contributed by atoms with Crippen molar-refractivity contribution in [2.45, 2.75) is 57.9 Å². The van der Waals surface area contributed by atoms with Crippen LogP contribution in [0.25, 0.3) is 0 Å². The fraction of sp³-hybridized carbons (Fsp3) is 0.500. The molecular weight excluding hydrogens is 332 g/mol. The van der Waals surface area contributed by atoms with E-state index in [4.69, 9.17) is 15.6 Å². The zero-order valence-electron chi connectivity index (χ0n) is 15.7. The van der Waals surface area contributed by atoms with Crippen LogP contribution in [0.3, 0.4) is 0 Å². The van der Waals surface area contributed by atoms with Gasteiger partial charge in [0.2, 0.25) is 5.91 Å². The Balaban J connectivity index is 2.40. The zero-order valence-corrected chi connectivity index (χ0v) is 15.7. The molecule has 6 nitrogen and oxygen atoms in total. The van der Waals surface area contributed by atoms with Crippen molar-refractivity contribution < 1.29 is 19.4 Å². The highest BCUT2D eigenvalue weighted by Crippen LogP contribution is 2.17. The molecule has 0 spiro atoms. The van der Waals surface area contributed by atoms with E-state index in [-0.39, 0.29) is 0 Å². The van der Waals surface area contributed by atoms with Gasteiger partial charge in [-0.25, -0.2) is 4.79 Å². The number of carboxylic acids is 1. The third kappa shape index (κ3) is 8.67. The number of carboxylic acid groups (broad SMARTS) is 1. The van der Waals surface area contributed by atoms with E-state index in [1.165, 1.54) is 39.0 Å². The van der Waals surface area contributed by atoms with Crippen molar-refractivity contribution in [2.75, 3.05) is 11.9 Å². The van der Waals surface area contributed by atoms with Gasteiger partial charge in [-0.3, -0.25) is 4.79 Å². The van der Waals surface area contributed by atoms with Crippen molar-refractivity contribution in [3.05, 3.63) is 36.4 Å². The molecule has 0 aromatic heterocycles. The van der Waals surface area contributed by atoms with Crippen LogP contribution in [0, 0.1) is 0 Å². The molecule has 0 aliphatic carbocycles. The van der Waals surface area contributed by atoms with Crippen molar-refractivity contribution in [2.24, 2.45) is 5.73 Å². The molecule has 1 amide bonds. The van der Waals surface area contributed by atoms with Gasteiger partial charge >= 0.3 is 5.97 Å². The maximum atomic E-state index is 12.1. The van der Waals surface area contributed by atoms with Gasteiger partial charge in [0.15, 0.2) is 0 Å². The van der Waals surface area contributed by atoms with Gasteiger partial charge in [-0.1, -0.05) is 39.0 Å². The molecule has 0 bridgehead atoms. The lowest BCUT2D eigenvalue weighted by atomic mass is 10.0. The van der Waals surface area contributed by atoms with Crippen molar-refractivity contribution in [1.29, 1.82) is 0 Å². The lowest BCUT2D eigenvalue weighted by Crippen LogP contribution is -2.46. The number of unbranched alkanes of at least 4 members (excludes halogenated alkanes) is 5. The summed E-state index contributed by atoms with van der Waals surface area (Å²) in [6.07, 6.45) is 9.29. The van der Waals surface area contributed by atoms with E-state index >= 15 is 0 Å². The highest BCUT2D eigenvalue weighted by atomic mass is 16.5. The molecule has 0 aliphatic heterocycles. The van der Waals surface area contributed by atoms with Gasteiger partial charge in [-0.15, -0.1) is 0 Å². The quantitative estimate of drug-likeness (QED) is 0.388. The van der Waals surface area contributed by atoms with Crippen molar-refractivity contribution in [3.63, 3.8) is 0 Å². The Morgan fingerprint density at radius 3 is 2.38 bits per heavy atom. The number of rotatable bonds is 12. The smallest absolute Gasteiger partial charge is 0.328 e. The maximum absolute atomic E-state index is 12.1. The zero-order chi connectivity index (χ0) is 19.4. The minimum absolute atomic E-state index is 0.490. The molecule has 26 heavy (non-hydrogen) atoms. The molecule has 1 unspecified atom stereocenters. The van der Waals surface area contributed by atoms with E-state index in [1.807, 2.05) is 0 Å². The van der Waals surface area contributed by atoms with Crippen LogP contribution in [0.4, 0.5) is 5.69 Å². The minimum atomic E-state index is -1.41. The molecule has 0 radical (unpaired) electrons. The summed E-state index contributed by atoms with van der Waals surface area (Å²) in [5.74, 6) is -0.894. The van der Waals surface area contributed by atoms with Gasteiger partial charge in [0.25, 0.3) is 0 Å². The Morgan fingerprint density at radius 1 is 1.15 bits per heavy atom. The standard InChI is InChI=1S/C20H30N2O4/c1-3-4-5-6-7-8-15-26-17-11-9-16(10-12-17)22-19(25)20(2,21)14-13-18(23)24/h9-14H,3-8,15,21H2,1-2H3,(H,22,25)(H,23,24). The van der Waals surface area contributed by atoms with Gasteiger partial charge in [0, 0.05) is 11.8 Å². The summed E-state index contributed by atoms with van der Waals surface area (Å²) in [5, 5.41) is 11.3. The Kier molecular flexibility index (Phi) is 9.44. The van der Waals surface area contributed by atoms with E-state index < -0.39 is 17.4 Å². The fourth-order valence-electron chi connectivity index (χ4n) is 2.29. The van der Waals surface area contributed by atoms with E-state index in [0.29, 0.717) is 12.3 Å². The highest BCUT2D eigenvalue weighted by Gasteiger charge is 2.25. The second-order valence-corrected chi connectivity index (χ2v) is 6.55. The summed E-state index contributed by atoms with van der Waals surface area (Å²) < 4.78 is 5.69. The molecule has 0 heterocycles. The largest absolute Gasteiger partial charge is 0.494 e. The van der Waals surface area contributed by atoms with Crippen LogP contribution in [0.1, 0.15) is 52.4 Å². The predicted molar refractivity (Wildman–Crippen MR) is 103 cm³/mol. The number of benzene rings is 1. The van der Waals surface area contributed by atoms with Crippen LogP contribution in [-0.2, 0) is 9.59 Å². The Morgan fingerprint density at radius 2 is 1.77 bits per heavy atom. The van der Waals surface area contributed by atoms with Crippen LogP contribution in [0.15, 0.2) is 36.4 Å². The third-order valence-electron chi connectivity index (χ3n) is 3.94. The van der Waals surface area contributed by atoms with Crippen LogP contribution in [-0.4, -0.2) is 29.1 Å². The summed E-state index contributed by atoms with van der Waals surface area (Å²) in [4.78, 5) is 22.7. The number of aliphatic carboxylic acids is 1. The molecule has 1 rings (SSSR count). The molecule has 0 saturated heterocycles. The number of carbonyl (C=O) groups excluding carboxylic acids is 1. The molecule has 0 saturated carbocycles. The number of amides is 1. The average molecular weight is 362 g/mol. The molecule has 1 aromatic rings. The monoisotopic (exact) mass is 362 g/mol. The first-order valence-corrected chi connectivity index (χ1v) is 9.10. The molecule has 0 aliphatic rings. The highest BCUT2D eigenvalue weighted by molar-refractivity contribution is 5.99. The van der Waals surface area contributed by atoms with E-state index in [9.17, 15) is 9.59 Å². The SMILES string of the molecule is CCCCCCCCOc1ccc(NC(=O)C(C)(N)C=CC(=O)O)cc1. The first-order valence-electron chi connectivity index (χ1n) is 9.10. The van der Waals surface area contributed by atoms with Gasteiger partial charge in [-0.05, 0) is 43.7 Å². The van der Waals surface area contributed by atoms with Gasteiger partial charge in [0.1, 0.15) is 11.3 Å². The van der Waals surface area contributed by atoms with E-state index in [2.05, 4.69) is 12.2 Å².